The molecule has 0 amide bonds. The van der Waals surface area contributed by atoms with E-state index in [0.717, 1.165) is 5.69 Å². The molecule has 0 fully saturated rings. The number of fused-ring (bicyclic) bond motifs is 1. The standard InChI is InChI=1S/C25H19ClN8O4S/c26-23-30-24(28-15-6-2-1-3-7-15)32-25(31-23)29-16-9-11-17(12-10-16)33-34-22-19(39(36,37)38)13-14-5-4-8-18(35)20(14)21(22)27/h1-13,35H,27H2,(H,36,37,38)(H2,28,29,30,31,32). The van der Waals surface area contributed by atoms with Gasteiger partial charge >= 0.3 is 0 Å². The van der Waals surface area contributed by atoms with Gasteiger partial charge in [-0.05, 0) is 65.5 Å². The first-order valence-corrected chi connectivity index (χ1v) is 13.0. The molecule has 1 heterocycles. The van der Waals surface area contributed by atoms with Gasteiger partial charge in [0.05, 0.1) is 11.4 Å². The number of phenols is 1. The van der Waals surface area contributed by atoms with Gasteiger partial charge in [0.1, 0.15) is 16.3 Å². The van der Waals surface area contributed by atoms with Gasteiger partial charge in [0.25, 0.3) is 10.1 Å². The lowest BCUT2D eigenvalue weighted by molar-refractivity contribution is 0.480. The van der Waals surface area contributed by atoms with E-state index in [0.29, 0.717) is 16.8 Å². The number of nitrogens with one attached hydrogen (secondary N) is 2. The van der Waals surface area contributed by atoms with Crippen LogP contribution in [0.25, 0.3) is 10.8 Å². The van der Waals surface area contributed by atoms with Crippen molar-refractivity contribution < 1.29 is 18.1 Å². The first kappa shape index (κ1) is 25.8. The average Bonchev–Trinajstić information content (AvgIpc) is 2.88. The Bertz CT molecular complexity index is 1820. The molecule has 0 atom stereocenters. The molecule has 0 saturated carbocycles. The number of halogens is 1. The molecule has 6 N–H and O–H groups in total. The van der Waals surface area contributed by atoms with Crippen LogP contribution in [0.15, 0.2) is 94.0 Å². The summed E-state index contributed by atoms with van der Waals surface area (Å²) in [6.07, 6.45) is 0. The minimum atomic E-state index is -4.69. The Morgan fingerprint density at radius 3 is 2.10 bits per heavy atom. The molecule has 0 aliphatic carbocycles. The fourth-order valence-electron chi connectivity index (χ4n) is 3.69. The van der Waals surface area contributed by atoms with Gasteiger partial charge < -0.3 is 21.5 Å². The Kier molecular flexibility index (Phi) is 6.94. The Hall–Kier alpha value is -4.85. The Labute approximate surface area is 227 Å². The highest BCUT2D eigenvalue weighted by atomic mass is 35.5. The van der Waals surface area contributed by atoms with Crippen LogP contribution in [0.1, 0.15) is 0 Å². The quantitative estimate of drug-likeness (QED) is 0.0878. The van der Waals surface area contributed by atoms with Crippen molar-refractivity contribution in [3.8, 4) is 5.75 Å². The molecule has 0 aliphatic rings. The third-order valence-electron chi connectivity index (χ3n) is 5.42. The van der Waals surface area contributed by atoms with E-state index in [2.05, 4.69) is 35.8 Å². The van der Waals surface area contributed by atoms with Crippen molar-refractivity contribution in [1.29, 1.82) is 0 Å². The topological polar surface area (TPSA) is 188 Å². The van der Waals surface area contributed by atoms with Crippen LogP contribution in [0.3, 0.4) is 0 Å². The van der Waals surface area contributed by atoms with Crippen molar-refractivity contribution in [2.75, 3.05) is 16.4 Å². The highest BCUT2D eigenvalue weighted by molar-refractivity contribution is 7.86. The number of phenolic OH excluding ortho intramolecular Hbond substituents is 1. The molecule has 12 nitrogen and oxygen atoms in total. The molecule has 5 rings (SSSR count). The second kappa shape index (κ2) is 10.5. The van der Waals surface area contributed by atoms with Gasteiger partial charge in [0.15, 0.2) is 0 Å². The molecular weight excluding hydrogens is 544 g/mol. The van der Waals surface area contributed by atoms with Crippen LogP contribution in [0.5, 0.6) is 5.75 Å². The number of azo groups is 1. The Morgan fingerprint density at radius 2 is 1.46 bits per heavy atom. The van der Waals surface area contributed by atoms with Gasteiger partial charge in [-0.1, -0.05) is 30.3 Å². The van der Waals surface area contributed by atoms with Crippen LogP contribution in [0.2, 0.25) is 5.28 Å². The number of benzene rings is 4. The molecule has 0 spiro atoms. The van der Waals surface area contributed by atoms with E-state index in [1.807, 2.05) is 30.3 Å². The van der Waals surface area contributed by atoms with Crippen LogP contribution in [-0.2, 0) is 10.1 Å². The van der Waals surface area contributed by atoms with Crippen molar-refractivity contribution in [1.82, 2.24) is 15.0 Å². The molecule has 4 aromatic carbocycles. The van der Waals surface area contributed by atoms with Gasteiger partial charge in [-0.25, -0.2) is 0 Å². The summed E-state index contributed by atoms with van der Waals surface area (Å²) < 4.78 is 33.8. The fourth-order valence-corrected chi connectivity index (χ4v) is 4.52. The van der Waals surface area contributed by atoms with Crippen molar-refractivity contribution in [2.24, 2.45) is 10.2 Å². The van der Waals surface area contributed by atoms with Crippen LogP contribution in [0.4, 0.5) is 40.3 Å². The maximum atomic E-state index is 12.0. The molecule has 0 radical (unpaired) electrons. The molecule has 0 aliphatic heterocycles. The number of rotatable bonds is 7. The second-order valence-electron chi connectivity index (χ2n) is 8.10. The average molecular weight is 563 g/mol. The molecular formula is C25H19ClN8O4S. The summed E-state index contributed by atoms with van der Waals surface area (Å²) in [7, 11) is -4.69. The zero-order chi connectivity index (χ0) is 27.6. The molecule has 5 aromatic rings. The lowest BCUT2D eigenvalue weighted by atomic mass is 10.1. The summed E-state index contributed by atoms with van der Waals surface area (Å²) in [5, 5.41) is 24.8. The van der Waals surface area contributed by atoms with E-state index < -0.39 is 15.0 Å². The van der Waals surface area contributed by atoms with E-state index in [4.69, 9.17) is 17.3 Å². The van der Waals surface area contributed by atoms with Gasteiger partial charge in [0.2, 0.25) is 17.2 Å². The predicted octanol–water partition coefficient (Wildman–Crippen LogP) is 6.12. The van der Waals surface area contributed by atoms with Crippen molar-refractivity contribution >= 4 is 72.8 Å². The number of aromatic hydroxyl groups is 1. The first-order valence-electron chi connectivity index (χ1n) is 11.2. The molecule has 1 aromatic heterocycles. The van der Waals surface area contributed by atoms with E-state index in [1.165, 1.54) is 18.2 Å². The van der Waals surface area contributed by atoms with Gasteiger partial charge in [-0.15, -0.1) is 5.11 Å². The Balaban J connectivity index is 1.39. The second-order valence-corrected chi connectivity index (χ2v) is 9.83. The number of aromatic nitrogens is 3. The number of nitrogen functional groups attached to an aromatic ring is 1. The third kappa shape index (κ3) is 5.85. The summed E-state index contributed by atoms with van der Waals surface area (Å²) in [6.45, 7) is 0. The number of nitrogens with zero attached hydrogens (tertiary/aromatic N) is 5. The lowest BCUT2D eigenvalue weighted by Crippen LogP contribution is -2.03. The van der Waals surface area contributed by atoms with E-state index in [9.17, 15) is 18.1 Å². The van der Waals surface area contributed by atoms with Gasteiger partial charge in [-0.3, -0.25) is 4.55 Å². The number of para-hydroxylation sites is 1. The largest absolute Gasteiger partial charge is 0.507 e. The first-order chi connectivity index (χ1) is 18.7. The molecule has 39 heavy (non-hydrogen) atoms. The van der Waals surface area contributed by atoms with Crippen LogP contribution in [0, 0.1) is 0 Å². The number of hydrogen-bond acceptors (Lipinski definition) is 11. The minimum absolute atomic E-state index is 0.00926. The number of nitrogens with two attached hydrogens (primary N) is 1. The van der Waals surface area contributed by atoms with Crippen LogP contribution >= 0.6 is 11.6 Å². The van der Waals surface area contributed by atoms with Crippen molar-refractivity contribution in [3.63, 3.8) is 0 Å². The summed E-state index contributed by atoms with van der Waals surface area (Å²) >= 11 is 6.05. The van der Waals surface area contributed by atoms with E-state index >= 15 is 0 Å². The van der Waals surface area contributed by atoms with E-state index in [-0.39, 0.29) is 39.7 Å². The van der Waals surface area contributed by atoms with Crippen LogP contribution in [-0.4, -0.2) is 33.0 Å². The highest BCUT2D eigenvalue weighted by Crippen LogP contribution is 2.41. The zero-order valence-electron chi connectivity index (χ0n) is 19.8. The van der Waals surface area contributed by atoms with Crippen LogP contribution < -0.4 is 16.4 Å². The molecule has 196 valence electrons. The minimum Gasteiger partial charge on any atom is -0.507 e. The Morgan fingerprint density at radius 1 is 0.821 bits per heavy atom. The maximum absolute atomic E-state index is 12.0. The molecule has 14 heteroatoms. The number of hydrogen-bond donors (Lipinski definition) is 5. The van der Waals surface area contributed by atoms with Gasteiger partial charge in [0, 0.05) is 16.8 Å². The molecule has 0 unspecified atom stereocenters. The normalized spacial score (nSPS) is 11.6. The molecule has 0 bridgehead atoms. The zero-order valence-corrected chi connectivity index (χ0v) is 21.4. The summed E-state index contributed by atoms with van der Waals surface area (Å²) in [5.41, 5.74) is 7.40. The maximum Gasteiger partial charge on any atom is 0.296 e. The lowest BCUT2D eigenvalue weighted by Gasteiger charge is -2.11. The van der Waals surface area contributed by atoms with Crippen molar-refractivity contribution in [2.45, 2.75) is 4.90 Å². The molecule has 0 saturated heterocycles. The number of anilines is 5. The smallest absolute Gasteiger partial charge is 0.296 e. The predicted molar refractivity (Wildman–Crippen MR) is 148 cm³/mol. The summed E-state index contributed by atoms with van der Waals surface area (Å²) in [6, 6.07) is 21.5. The van der Waals surface area contributed by atoms with Crippen molar-refractivity contribution in [3.05, 3.63) is 84.1 Å². The fraction of sp³-hybridized carbons (Fsp3) is 0. The summed E-state index contributed by atoms with van der Waals surface area (Å²) in [5.74, 6) is 0.284. The highest BCUT2D eigenvalue weighted by Gasteiger charge is 2.22. The van der Waals surface area contributed by atoms with E-state index in [1.54, 1.807) is 30.3 Å². The third-order valence-corrected chi connectivity index (χ3v) is 6.46. The van der Waals surface area contributed by atoms with Gasteiger partial charge in [-0.2, -0.15) is 28.5 Å². The monoisotopic (exact) mass is 562 g/mol. The SMILES string of the molecule is Nc1c(N=Nc2ccc(Nc3nc(Cl)nc(Nc4ccccc4)n3)cc2)c(S(=O)(=O)O)cc2cccc(O)c12. The summed E-state index contributed by atoms with van der Waals surface area (Å²) in [4.78, 5) is 11.9.